The molecule has 0 N–H and O–H groups in total. The Balaban J connectivity index is 0.000001000. The maximum Gasteiger partial charge on any atom is 1.00 e. The van der Waals surface area contributed by atoms with Crippen molar-refractivity contribution in [1.82, 2.24) is 4.90 Å². The van der Waals surface area contributed by atoms with Gasteiger partial charge in [0.15, 0.2) is 0 Å². The minimum absolute atomic E-state index is 0. The molecule has 0 bridgehead atoms. The summed E-state index contributed by atoms with van der Waals surface area (Å²) in [5, 5.41) is 0. The molecule has 1 aliphatic carbocycles. The number of hydrogen-bond donors (Lipinski definition) is 0. The van der Waals surface area contributed by atoms with E-state index >= 15 is 0 Å². The van der Waals surface area contributed by atoms with Gasteiger partial charge >= 0.3 is 18.9 Å². The van der Waals surface area contributed by atoms with Crippen molar-refractivity contribution >= 4 is 0 Å². The second-order valence-electron chi connectivity index (χ2n) is 2.70. The zero-order chi connectivity index (χ0) is 7.40. The van der Waals surface area contributed by atoms with Gasteiger partial charge in [0.1, 0.15) is 0 Å². The molecule has 0 saturated carbocycles. The van der Waals surface area contributed by atoms with Crippen LogP contribution in [-0.2, 0) is 0 Å². The minimum atomic E-state index is 0. The minimum Gasteiger partial charge on any atom is -0.326 e. The molecule has 0 aromatic carbocycles. The van der Waals surface area contributed by atoms with E-state index in [4.69, 9.17) is 0 Å². The van der Waals surface area contributed by atoms with Crippen LogP contribution < -0.4 is 18.9 Å². The first-order valence-electron chi connectivity index (χ1n) is 4.14. The first-order valence-corrected chi connectivity index (χ1v) is 4.14. The summed E-state index contributed by atoms with van der Waals surface area (Å²) < 4.78 is 0. The molecule has 0 fully saturated rings. The van der Waals surface area contributed by atoms with Gasteiger partial charge in [-0.2, -0.15) is 0 Å². The van der Waals surface area contributed by atoms with E-state index in [9.17, 15) is 0 Å². The molecule has 0 radical (unpaired) electrons. The number of likely N-dealkylation sites (N-methyl/N-ethyl adjacent to an activating group) is 1. The SMILES string of the molecule is CCCN(CC)C1C=C[CH-]1.[Li+]. The van der Waals surface area contributed by atoms with Crippen molar-refractivity contribution in [3.63, 3.8) is 0 Å². The van der Waals surface area contributed by atoms with E-state index in [1.165, 1.54) is 19.5 Å². The average molecular weight is 145 g/mol. The summed E-state index contributed by atoms with van der Waals surface area (Å²) in [6.07, 6.45) is 7.88. The van der Waals surface area contributed by atoms with E-state index in [1.807, 2.05) is 0 Å². The molecule has 0 aromatic heterocycles. The van der Waals surface area contributed by atoms with Crippen LogP contribution in [0.4, 0.5) is 0 Å². The van der Waals surface area contributed by atoms with Crippen LogP contribution in [0.2, 0.25) is 0 Å². The molecule has 58 valence electrons. The summed E-state index contributed by atoms with van der Waals surface area (Å²) in [6, 6.07) is 0.643. The van der Waals surface area contributed by atoms with Gasteiger partial charge in [0, 0.05) is 0 Å². The molecule has 0 saturated heterocycles. The molecule has 2 heteroatoms. The van der Waals surface area contributed by atoms with Crippen molar-refractivity contribution < 1.29 is 18.9 Å². The molecule has 1 aliphatic rings. The van der Waals surface area contributed by atoms with Crippen molar-refractivity contribution in [2.45, 2.75) is 26.3 Å². The maximum absolute atomic E-state index is 2.47. The molecular weight excluding hydrogens is 129 g/mol. The Morgan fingerprint density at radius 2 is 2.09 bits per heavy atom. The predicted octanol–water partition coefficient (Wildman–Crippen LogP) is -1.14. The van der Waals surface area contributed by atoms with Crippen molar-refractivity contribution in [2.75, 3.05) is 13.1 Å². The van der Waals surface area contributed by atoms with Crippen LogP contribution in [-0.4, -0.2) is 24.0 Å². The first kappa shape index (κ1) is 11.2. The Morgan fingerprint density at radius 3 is 2.36 bits per heavy atom. The van der Waals surface area contributed by atoms with Gasteiger partial charge in [-0.3, -0.25) is 0 Å². The third kappa shape index (κ3) is 2.95. The topological polar surface area (TPSA) is 3.24 Å². The summed E-state index contributed by atoms with van der Waals surface area (Å²) in [5.41, 5.74) is 0. The van der Waals surface area contributed by atoms with Crippen LogP contribution in [0, 0.1) is 6.42 Å². The largest absolute Gasteiger partial charge is 1.00 e. The Labute approximate surface area is 82.0 Å². The molecule has 0 spiro atoms. The third-order valence-corrected chi connectivity index (χ3v) is 1.96. The van der Waals surface area contributed by atoms with Crippen molar-refractivity contribution in [2.24, 2.45) is 0 Å². The fourth-order valence-corrected chi connectivity index (χ4v) is 1.26. The molecule has 1 unspecified atom stereocenters. The van der Waals surface area contributed by atoms with E-state index in [-0.39, 0.29) is 18.9 Å². The van der Waals surface area contributed by atoms with Crippen LogP contribution in [0.5, 0.6) is 0 Å². The second-order valence-corrected chi connectivity index (χ2v) is 2.70. The number of rotatable bonds is 4. The van der Waals surface area contributed by atoms with Crippen molar-refractivity contribution in [1.29, 1.82) is 0 Å². The van der Waals surface area contributed by atoms with Gasteiger partial charge in [-0.15, -0.1) is 0 Å². The normalized spacial score (nSPS) is 20.5. The zero-order valence-corrected chi connectivity index (χ0v) is 7.88. The van der Waals surface area contributed by atoms with E-state index < -0.39 is 0 Å². The second kappa shape index (κ2) is 5.77. The molecule has 1 nitrogen and oxygen atoms in total. The van der Waals surface area contributed by atoms with E-state index in [2.05, 4.69) is 37.3 Å². The predicted molar refractivity (Wildman–Crippen MR) is 44.8 cm³/mol. The van der Waals surface area contributed by atoms with E-state index in [0.717, 1.165) is 0 Å². The number of nitrogens with zero attached hydrogens (tertiary/aromatic N) is 1. The zero-order valence-electron chi connectivity index (χ0n) is 7.88. The van der Waals surface area contributed by atoms with Gasteiger partial charge in [-0.1, -0.05) is 19.9 Å². The molecule has 0 aliphatic heterocycles. The third-order valence-electron chi connectivity index (χ3n) is 1.96. The Hall–Kier alpha value is 0.167. The fourth-order valence-electron chi connectivity index (χ4n) is 1.26. The molecule has 0 amide bonds. The van der Waals surface area contributed by atoms with Crippen molar-refractivity contribution in [3.8, 4) is 0 Å². The molecule has 1 rings (SSSR count). The monoisotopic (exact) mass is 145 g/mol. The molecule has 0 aromatic rings. The Bertz CT molecular complexity index is 123. The Morgan fingerprint density at radius 1 is 1.45 bits per heavy atom. The Kier molecular flexibility index (Phi) is 5.86. The van der Waals surface area contributed by atoms with Gasteiger partial charge in [0.05, 0.1) is 0 Å². The van der Waals surface area contributed by atoms with Crippen LogP contribution in [0.1, 0.15) is 20.3 Å². The van der Waals surface area contributed by atoms with Gasteiger partial charge in [-0.25, -0.2) is 18.6 Å². The summed E-state index contributed by atoms with van der Waals surface area (Å²) in [7, 11) is 0. The molecule has 1 atom stereocenters. The number of hydrogen-bond acceptors (Lipinski definition) is 1. The van der Waals surface area contributed by atoms with Crippen LogP contribution >= 0.6 is 0 Å². The maximum atomic E-state index is 2.47. The van der Waals surface area contributed by atoms with E-state index in [1.54, 1.807) is 0 Å². The van der Waals surface area contributed by atoms with Gasteiger partial charge in [0.2, 0.25) is 0 Å². The summed E-state index contributed by atoms with van der Waals surface area (Å²) in [4.78, 5) is 2.47. The summed E-state index contributed by atoms with van der Waals surface area (Å²) in [6.45, 7) is 6.84. The quantitative estimate of drug-likeness (QED) is 0.357. The average Bonchev–Trinajstić information content (AvgIpc) is 1.83. The van der Waals surface area contributed by atoms with Gasteiger partial charge in [-0.05, 0) is 19.5 Å². The summed E-state index contributed by atoms with van der Waals surface area (Å²) in [5.74, 6) is 0. The molecule has 11 heavy (non-hydrogen) atoms. The van der Waals surface area contributed by atoms with Crippen LogP contribution in [0.3, 0.4) is 0 Å². The molecule has 0 heterocycles. The first-order chi connectivity index (χ1) is 4.88. The molecular formula is C9H16LiN. The van der Waals surface area contributed by atoms with Crippen LogP contribution in [0.15, 0.2) is 12.2 Å². The fraction of sp³-hybridized carbons (Fsp3) is 0.667. The van der Waals surface area contributed by atoms with Gasteiger partial charge in [0.25, 0.3) is 0 Å². The van der Waals surface area contributed by atoms with Crippen molar-refractivity contribution in [3.05, 3.63) is 18.6 Å². The van der Waals surface area contributed by atoms with E-state index in [0.29, 0.717) is 6.04 Å². The smallest absolute Gasteiger partial charge is 0.326 e. The van der Waals surface area contributed by atoms with Crippen LogP contribution in [0.25, 0.3) is 0 Å². The standard InChI is InChI=1S/C9H16N.Li/c1-3-8-10(4-2)9-6-5-7-9;/h5-7,9H,3-4,8H2,1-2H3;/q-1;+1. The summed E-state index contributed by atoms with van der Waals surface area (Å²) >= 11 is 0. The van der Waals surface area contributed by atoms with Gasteiger partial charge < -0.3 is 4.90 Å².